The number of carbonyl (C=O) groups is 1. The Labute approximate surface area is 146 Å². The van der Waals surface area contributed by atoms with Gasteiger partial charge in [0.2, 0.25) is 0 Å². The Bertz CT molecular complexity index is 889. The first-order valence-electron chi connectivity index (χ1n) is 8.36. The second kappa shape index (κ2) is 6.53. The van der Waals surface area contributed by atoms with Gasteiger partial charge in [0.15, 0.2) is 6.04 Å². The van der Waals surface area contributed by atoms with Crippen molar-refractivity contribution in [3.63, 3.8) is 0 Å². The molecule has 0 saturated heterocycles. The van der Waals surface area contributed by atoms with E-state index in [1.54, 1.807) is 6.33 Å². The number of hydrogen-bond acceptors (Lipinski definition) is 3. The summed E-state index contributed by atoms with van der Waals surface area (Å²) in [4.78, 5) is 21.2. The third kappa shape index (κ3) is 2.94. The number of imidazole rings is 1. The van der Waals surface area contributed by atoms with Gasteiger partial charge in [-0.25, -0.2) is 4.98 Å². The lowest BCUT2D eigenvalue weighted by Gasteiger charge is -2.32. The first-order valence-corrected chi connectivity index (χ1v) is 8.36. The van der Waals surface area contributed by atoms with Crippen molar-refractivity contribution in [2.75, 3.05) is 6.54 Å². The smallest absolute Gasteiger partial charge is 0.327 e. The Morgan fingerprint density at radius 1 is 1.16 bits per heavy atom. The maximum absolute atomic E-state index is 11.9. The number of benzene rings is 2. The van der Waals surface area contributed by atoms with Crippen LogP contribution in [-0.4, -0.2) is 32.5 Å². The molecule has 0 bridgehead atoms. The molecule has 25 heavy (non-hydrogen) atoms. The van der Waals surface area contributed by atoms with E-state index in [1.165, 1.54) is 0 Å². The summed E-state index contributed by atoms with van der Waals surface area (Å²) in [5.41, 5.74) is 4.97. The van der Waals surface area contributed by atoms with E-state index in [-0.39, 0.29) is 0 Å². The van der Waals surface area contributed by atoms with E-state index < -0.39 is 12.0 Å². The number of carboxylic acid groups (broad SMARTS) is 1. The minimum Gasteiger partial charge on any atom is -0.480 e. The molecule has 1 aromatic heterocycles. The molecule has 2 heterocycles. The van der Waals surface area contributed by atoms with E-state index >= 15 is 0 Å². The number of nitrogens with zero attached hydrogens (tertiary/aromatic N) is 2. The second-order valence-corrected chi connectivity index (χ2v) is 6.25. The van der Waals surface area contributed by atoms with Gasteiger partial charge in [-0.1, -0.05) is 54.6 Å². The topological polar surface area (TPSA) is 69.2 Å². The molecule has 3 aromatic rings. The lowest BCUT2D eigenvalue weighted by molar-refractivity contribution is -0.144. The fourth-order valence-electron chi connectivity index (χ4n) is 3.54. The average molecular weight is 333 g/mol. The Kier molecular flexibility index (Phi) is 4.07. The van der Waals surface area contributed by atoms with E-state index in [0.29, 0.717) is 18.8 Å². The summed E-state index contributed by atoms with van der Waals surface area (Å²) in [7, 11) is 0. The van der Waals surface area contributed by atoms with Crippen molar-refractivity contribution in [3.8, 4) is 11.1 Å². The van der Waals surface area contributed by atoms with Crippen molar-refractivity contribution in [1.29, 1.82) is 0 Å². The molecule has 5 heteroatoms. The molecule has 4 rings (SSSR count). The molecular weight excluding hydrogens is 314 g/mol. The molecule has 0 fully saturated rings. The fraction of sp³-hybridized carbons (Fsp3) is 0.200. The Balaban J connectivity index is 1.68. The quantitative estimate of drug-likeness (QED) is 0.769. The number of aromatic amines is 1. The van der Waals surface area contributed by atoms with E-state index in [0.717, 1.165) is 28.8 Å². The lowest BCUT2D eigenvalue weighted by Crippen LogP contribution is -2.39. The summed E-state index contributed by atoms with van der Waals surface area (Å²) in [6, 6.07) is 17.7. The maximum Gasteiger partial charge on any atom is 0.327 e. The van der Waals surface area contributed by atoms with E-state index in [1.807, 2.05) is 35.2 Å². The molecule has 0 amide bonds. The third-order valence-electron chi connectivity index (χ3n) is 4.73. The van der Waals surface area contributed by atoms with Crippen LogP contribution in [0, 0.1) is 0 Å². The Morgan fingerprint density at radius 3 is 2.72 bits per heavy atom. The number of carboxylic acids is 1. The second-order valence-electron chi connectivity index (χ2n) is 6.25. The highest BCUT2D eigenvalue weighted by Crippen LogP contribution is 2.31. The molecule has 2 aromatic carbocycles. The zero-order valence-electron chi connectivity index (χ0n) is 13.7. The molecule has 0 saturated carbocycles. The van der Waals surface area contributed by atoms with Crippen molar-refractivity contribution in [2.45, 2.75) is 19.0 Å². The van der Waals surface area contributed by atoms with Crippen molar-refractivity contribution in [3.05, 3.63) is 77.9 Å². The van der Waals surface area contributed by atoms with Crippen LogP contribution in [0.2, 0.25) is 0 Å². The van der Waals surface area contributed by atoms with Crippen LogP contribution in [0.1, 0.15) is 23.0 Å². The molecule has 1 atom stereocenters. The van der Waals surface area contributed by atoms with Crippen LogP contribution < -0.4 is 0 Å². The van der Waals surface area contributed by atoms with Gasteiger partial charge in [-0.05, 0) is 16.7 Å². The van der Waals surface area contributed by atoms with Gasteiger partial charge in [-0.15, -0.1) is 0 Å². The van der Waals surface area contributed by atoms with E-state index in [4.69, 9.17) is 0 Å². The highest BCUT2D eigenvalue weighted by Gasteiger charge is 2.35. The zero-order chi connectivity index (χ0) is 17.2. The minimum absolute atomic E-state index is 0.578. The Hall–Kier alpha value is -2.92. The lowest BCUT2D eigenvalue weighted by atomic mass is 9.97. The molecular formula is C20H19N3O2. The van der Waals surface area contributed by atoms with Crippen molar-refractivity contribution >= 4 is 5.97 Å². The summed E-state index contributed by atoms with van der Waals surface area (Å²) in [6.45, 7) is 1.27. The first kappa shape index (κ1) is 15.6. The van der Waals surface area contributed by atoms with Gasteiger partial charge in [-0.2, -0.15) is 0 Å². The maximum atomic E-state index is 11.9. The van der Waals surface area contributed by atoms with E-state index in [2.05, 4.69) is 34.2 Å². The van der Waals surface area contributed by atoms with Gasteiger partial charge in [0.1, 0.15) is 0 Å². The fourth-order valence-corrected chi connectivity index (χ4v) is 3.54. The van der Waals surface area contributed by atoms with Crippen molar-refractivity contribution < 1.29 is 9.90 Å². The minimum atomic E-state index is -0.856. The van der Waals surface area contributed by atoms with Crippen LogP contribution in [0.15, 0.2) is 60.9 Å². The summed E-state index contributed by atoms with van der Waals surface area (Å²) in [5.74, 6) is -0.856. The molecule has 1 aliphatic rings. The summed E-state index contributed by atoms with van der Waals surface area (Å²) < 4.78 is 0. The van der Waals surface area contributed by atoms with Gasteiger partial charge in [0.05, 0.1) is 12.0 Å². The predicted octanol–water partition coefficient (Wildman–Crippen LogP) is 3.26. The van der Waals surface area contributed by atoms with Crippen molar-refractivity contribution in [2.24, 2.45) is 0 Å². The first-order chi connectivity index (χ1) is 12.2. The molecule has 0 spiro atoms. The molecule has 0 radical (unpaired) electrons. The number of H-pyrrole nitrogens is 1. The Morgan fingerprint density at radius 2 is 1.92 bits per heavy atom. The number of aromatic nitrogens is 2. The van der Waals surface area contributed by atoms with Gasteiger partial charge >= 0.3 is 5.97 Å². The number of rotatable bonds is 4. The van der Waals surface area contributed by atoms with Gasteiger partial charge in [-0.3, -0.25) is 9.69 Å². The summed E-state index contributed by atoms with van der Waals surface area (Å²) in [5, 5.41) is 9.74. The standard InChI is InChI=1S/C20H19N3O2/c24-20(25)19-18-17(21-13-22-18)10-11-23(19)12-15-8-4-5-9-16(15)14-6-2-1-3-7-14/h1-9,13,19H,10-12H2,(H,21,22)(H,24,25). The van der Waals surface area contributed by atoms with Crippen LogP contribution in [0.25, 0.3) is 11.1 Å². The number of fused-ring (bicyclic) bond motifs is 1. The largest absolute Gasteiger partial charge is 0.480 e. The molecule has 2 N–H and O–H groups in total. The van der Waals surface area contributed by atoms with E-state index in [9.17, 15) is 9.90 Å². The van der Waals surface area contributed by atoms with Gasteiger partial charge in [0.25, 0.3) is 0 Å². The molecule has 0 aliphatic carbocycles. The average Bonchev–Trinajstić information content (AvgIpc) is 3.11. The highest BCUT2D eigenvalue weighted by atomic mass is 16.4. The van der Waals surface area contributed by atoms with Crippen LogP contribution in [-0.2, 0) is 17.8 Å². The highest BCUT2D eigenvalue weighted by molar-refractivity contribution is 5.76. The number of hydrogen-bond donors (Lipinski definition) is 2. The molecule has 126 valence electrons. The summed E-state index contributed by atoms with van der Waals surface area (Å²) >= 11 is 0. The molecule has 1 unspecified atom stereocenters. The zero-order valence-corrected chi connectivity index (χ0v) is 13.7. The third-order valence-corrected chi connectivity index (χ3v) is 4.73. The normalized spacial score (nSPS) is 17.2. The monoisotopic (exact) mass is 333 g/mol. The number of aliphatic carboxylic acids is 1. The van der Waals surface area contributed by atoms with Gasteiger partial charge < -0.3 is 10.1 Å². The molecule has 1 aliphatic heterocycles. The molecule has 5 nitrogen and oxygen atoms in total. The van der Waals surface area contributed by atoms with Crippen LogP contribution in [0.3, 0.4) is 0 Å². The summed E-state index contributed by atoms with van der Waals surface area (Å²) in [6.07, 6.45) is 2.37. The van der Waals surface area contributed by atoms with Crippen LogP contribution in [0.5, 0.6) is 0 Å². The van der Waals surface area contributed by atoms with Crippen molar-refractivity contribution in [1.82, 2.24) is 14.9 Å². The van der Waals surface area contributed by atoms with Crippen LogP contribution in [0.4, 0.5) is 0 Å². The number of nitrogens with one attached hydrogen (secondary N) is 1. The van der Waals surface area contributed by atoms with Crippen LogP contribution >= 0.6 is 0 Å². The predicted molar refractivity (Wildman–Crippen MR) is 95.0 cm³/mol. The SMILES string of the molecule is O=C(O)C1c2nc[nH]c2CCN1Cc1ccccc1-c1ccccc1. The van der Waals surface area contributed by atoms with Gasteiger partial charge in [0, 0.05) is 25.2 Å².